The summed E-state index contributed by atoms with van der Waals surface area (Å²) in [6.45, 7) is 4.14. The standard InChI is InChI=1S/C17H24N4O2S/c22-24(23,14-3-2-7-18-13-14)21-11-9-20(10-12-21)17-5-1-4-16-15(17)6-8-19-16/h1,4-6,8,14,18-19H,2-3,7,9-13H2. The topological polar surface area (TPSA) is 68.4 Å². The van der Waals surface area contributed by atoms with Gasteiger partial charge in [-0.15, -0.1) is 0 Å². The number of hydrogen-bond donors (Lipinski definition) is 2. The van der Waals surface area contributed by atoms with E-state index in [2.05, 4.69) is 33.4 Å². The smallest absolute Gasteiger partial charge is 0.218 e. The predicted octanol–water partition coefficient (Wildman–Crippen LogP) is 1.37. The predicted molar refractivity (Wildman–Crippen MR) is 96.9 cm³/mol. The summed E-state index contributed by atoms with van der Waals surface area (Å²) < 4.78 is 27.3. The van der Waals surface area contributed by atoms with Crippen LogP contribution < -0.4 is 10.2 Å². The summed E-state index contributed by atoms with van der Waals surface area (Å²) in [4.78, 5) is 5.53. The first kappa shape index (κ1) is 15.9. The highest BCUT2D eigenvalue weighted by atomic mass is 32.2. The lowest BCUT2D eigenvalue weighted by Crippen LogP contribution is -2.53. The number of aromatic nitrogens is 1. The Morgan fingerprint density at radius 2 is 1.92 bits per heavy atom. The SMILES string of the molecule is O=S(=O)(C1CCCNC1)N1CCN(c2cccc3[nH]ccc23)CC1. The molecule has 2 saturated heterocycles. The first-order valence-electron chi connectivity index (χ1n) is 8.67. The second kappa shape index (κ2) is 6.38. The van der Waals surface area contributed by atoms with Gasteiger partial charge in [-0.2, -0.15) is 4.31 Å². The van der Waals surface area contributed by atoms with Crippen molar-refractivity contribution in [1.29, 1.82) is 0 Å². The van der Waals surface area contributed by atoms with Crippen molar-refractivity contribution in [2.75, 3.05) is 44.2 Å². The summed E-state index contributed by atoms with van der Waals surface area (Å²) >= 11 is 0. The summed E-state index contributed by atoms with van der Waals surface area (Å²) in [5.41, 5.74) is 2.31. The molecule has 0 aliphatic carbocycles. The van der Waals surface area contributed by atoms with E-state index in [1.807, 2.05) is 12.3 Å². The van der Waals surface area contributed by atoms with Crippen molar-refractivity contribution in [1.82, 2.24) is 14.6 Å². The molecule has 0 saturated carbocycles. The van der Waals surface area contributed by atoms with Crippen LogP contribution in [0.3, 0.4) is 0 Å². The van der Waals surface area contributed by atoms with Crippen LogP contribution in [0.4, 0.5) is 5.69 Å². The molecule has 0 spiro atoms. The second-order valence-corrected chi connectivity index (χ2v) is 8.83. The maximum atomic E-state index is 12.8. The van der Waals surface area contributed by atoms with Gasteiger partial charge in [0.1, 0.15) is 0 Å². The second-order valence-electron chi connectivity index (χ2n) is 6.62. The lowest BCUT2D eigenvalue weighted by molar-refractivity contribution is 0.370. The van der Waals surface area contributed by atoms with Crippen LogP contribution in [-0.2, 0) is 10.0 Å². The van der Waals surface area contributed by atoms with Crippen molar-refractivity contribution in [2.24, 2.45) is 0 Å². The number of rotatable bonds is 3. The average molecular weight is 348 g/mol. The van der Waals surface area contributed by atoms with E-state index in [1.54, 1.807) is 4.31 Å². The Hall–Kier alpha value is -1.57. The number of aromatic amines is 1. The number of sulfonamides is 1. The fourth-order valence-electron chi connectivity index (χ4n) is 3.81. The van der Waals surface area contributed by atoms with E-state index in [-0.39, 0.29) is 5.25 Å². The zero-order chi connectivity index (χ0) is 16.6. The zero-order valence-corrected chi connectivity index (χ0v) is 14.6. The summed E-state index contributed by atoms with van der Waals surface area (Å²) in [5, 5.41) is 4.15. The van der Waals surface area contributed by atoms with Crippen LogP contribution in [-0.4, -0.2) is 62.2 Å². The van der Waals surface area contributed by atoms with Crippen molar-refractivity contribution in [2.45, 2.75) is 18.1 Å². The monoisotopic (exact) mass is 348 g/mol. The van der Waals surface area contributed by atoms with Gasteiger partial charge in [-0.3, -0.25) is 0 Å². The highest BCUT2D eigenvalue weighted by molar-refractivity contribution is 7.89. The van der Waals surface area contributed by atoms with Gasteiger partial charge in [0.05, 0.1) is 5.25 Å². The van der Waals surface area contributed by atoms with Crippen molar-refractivity contribution < 1.29 is 8.42 Å². The van der Waals surface area contributed by atoms with Gasteiger partial charge in [0.2, 0.25) is 10.0 Å². The molecule has 0 bridgehead atoms. The molecule has 3 heterocycles. The lowest BCUT2D eigenvalue weighted by atomic mass is 10.2. The van der Waals surface area contributed by atoms with Crippen LogP contribution in [0.5, 0.6) is 0 Å². The molecule has 0 amide bonds. The number of nitrogens with one attached hydrogen (secondary N) is 2. The zero-order valence-electron chi connectivity index (χ0n) is 13.7. The van der Waals surface area contributed by atoms with Crippen LogP contribution in [0, 0.1) is 0 Å². The van der Waals surface area contributed by atoms with Crippen LogP contribution >= 0.6 is 0 Å². The molecule has 1 aromatic carbocycles. The quantitative estimate of drug-likeness (QED) is 0.879. The number of nitrogens with zero attached hydrogens (tertiary/aromatic N) is 2. The van der Waals surface area contributed by atoms with Crippen molar-refractivity contribution >= 4 is 26.6 Å². The molecule has 2 fully saturated rings. The van der Waals surface area contributed by atoms with Crippen molar-refractivity contribution in [3.8, 4) is 0 Å². The Labute approximate surface area is 142 Å². The van der Waals surface area contributed by atoms with E-state index in [0.29, 0.717) is 19.6 Å². The van der Waals surface area contributed by atoms with E-state index < -0.39 is 10.0 Å². The Kier molecular flexibility index (Phi) is 4.24. The maximum absolute atomic E-state index is 12.8. The fourth-order valence-corrected chi connectivity index (χ4v) is 5.70. The molecule has 2 aliphatic rings. The van der Waals surface area contributed by atoms with Crippen LogP contribution in [0.25, 0.3) is 10.9 Å². The largest absolute Gasteiger partial charge is 0.368 e. The summed E-state index contributed by atoms with van der Waals surface area (Å²) in [6, 6.07) is 8.31. The van der Waals surface area contributed by atoms with E-state index in [9.17, 15) is 8.42 Å². The molecule has 1 atom stereocenters. The molecule has 130 valence electrons. The van der Waals surface area contributed by atoms with E-state index in [4.69, 9.17) is 0 Å². The van der Waals surface area contributed by atoms with Crippen molar-refractivity contribution in [3.05, 3.63) is 30.5 Å². The van der Waals surface area contributed by atoms with Crippen LogP contribution in [0.2, 0.25) is 0 Å². The number of piperidine rings is 1. The van der Waals surface area contributed by atoms with E-state index >= 15 is 0 Å². The molecule has 1 unspecified atom stereocenters. The molecular formula is C17H24N4O2S. The third kappa shape index (κ3) is 2.81. The van der Waals surface area contributed by atoms with Gasteiger partial charge in [-0.25, -0.2) is 8.42 Å². The van der Waals surface area contributed by atoms with Crippen LogP contribution in [0.15, 0.2) is 30.5 Å². The third-order valence-corrected chi connectivity index (χ3v) is 7.51. The highest BCUT2D eigenvalue weighted by Gasteiger charge is 2.35. The van der Waals surface area contributed by atoms with Gasteiger partial charge < -0.3 is 15.2 Å². The summed E-state index contributed by atoms with van der Waals surface area (Å²) in [6.07, 6.45) is 3.67. The molecule has 6 nitrogen and oxygen atoms in total. The van der Waals surface area contributed by atoms with E-state index in [1.165, 1.54) is 11.1 Å². The number of piperazine rings is 1. The maximum Gasteiger partial charge on any atom is 0.218 e. The van der Waals surface area contributed by atoms with E-state index in [0.717, 1.165) is 38.0 Å². The lowest BCUT2D eigenvalue weighted by Gasteiger charge is -2.38. The fraction of sp³-hybridized carbons (Fsp3) is 0.529. The first-order chi connectivity index (χ1) is 11.7. The van der Waals surface area contributed by atoms with Gasteiger partial charge in [0, 0.05) is 55.5 Å². The Morgan fingerprint density at radius 1 is 1.08 bits per heavy atom. The summed E-state index contributed by atoms with van der Waals surface area (Å²) in [5.74, 6) is 0. The molecule has 0 radical (unpaired) electrons. The molecule has 1 aromatic heterocycles. The molecule has 2 aliphatic heterocycles. The molecular weight excluding hydrogens is 324 g/mol. The third-order valence-electron chi connectivity index (χ3n) is 5.18. The minimum Gasteiger partial charge on any atom is -0.368 e. The molecule has 7 heteroatoms. The minimum atomic E-state index is -3.18. The Bertz CT molecular complexity index is 803. The molecule has 2 aromatic rings. The number of hydrogen-bond acceptors (Lipinski definition) is 4. The van der Waals surface area contributed by atoms with Gasteiger partial charge in [0.15, 0.2) is 0 Å². The Morgan fingerprint density at radius 3 is 2.67 bits per heavy atom. The normalized spacial score (nSPS) is 23.7. The van der Waals surface area contributed by atoms with Crippen LogP contribution in [0.1, 0.15) is 12.8 Å². The first-order valence-corrected chi connectivity index (χ1v) is 10.2. The minimum absolute atomic E-state index is 0.258. The molecule has 2 N–H and O–H groups in total. The van der Waals surface area contributed by atoms with Gasteiger partial charge >= 0.3 is 0 Å². The molecule has 24 heavy (non-hydrogen) atoms. The number of anilines is 1. The number of fused-ring (bicyclic) bond motifs is 1. The summed E-state index contributed by atoms with van der Waals surface area (Å²) in [7, 11) is -3.18. The number of H-pyrrole nitrogens is 1. The Balaban J connectivity index is 1.48. The highest BCUT2D eigenvalue weighted by Crippen LogP contribution is 2.28. The number of benzene rings is 1. The van der Waals surface area contributed by atoms with Gasteiger partial charge in [-0.05, 0) is 37.6 Å². The van der Waals surface area contributed by atoms with Gasteiger partial charge in [-0.1, -0.05) is 6.07 Å². The van der Waals surface area contributed by atoms with Crippen molar-refractivity contribution in [3.63, 3.8) is 0 Å². The average Bonchev–Trinajstić information content (AvgIpc) is 3.11. The van der Waals surface area contributed by atoms with Gasteiger partial charge in [0.25, 0.3) is 0 Å². The molecule has 4 rings (SSSR count).